The van der Waals surface area contributed by atoms with E-state index in [-0.39, 0.29) is 0 Å². The first-order valence-electron chi connectivity index (χ1n) is 0.862. The Kier molecular flexibility index (Phi) is 4.46. The Hall–Kier alpha value is 0.755. The molecule has 3 heteroatoms. The topological polar surface area (TPSA) is 9.23 Å². The summed E-state index contributed by atoms with van der Waals surface area (Å²) in [5, 5.41) is 1.60. The molecule has 1 radical (unpaired) electrons. The van der Waals surface area contributed by atoms with Crippen LogP contribution in [0.5, 0.6) is 0 Å². The first kappa shape index (κ1) is 4.75. The van der Waals surface area contributed by atoms with E-state index in [1.54, 1.807) is 12.4 Å². The second-order valence-corrected chi connectivity index (χ2v) is 0.833. The summed E-state index contributed by atoms with van der Waals surface area (Å²) >= 11 is 2.00. The predicted octanol–water partition coefficient (Wildman–Crippen LogP) is 0.602. The number of hydrogen-bond acceptors (Lipinski definition) is 1. The molecule has 0 rings (SSSR count). The van der Waals surface area contributed by atoms with Gasteiger partial charge in [-0.1, -0.05) is 0 Å². The van der Waals surface area contributed by atoms with Gasteiger partial charge in [-0.05, 0) is 0 Å². The van der Waals surface area contributed by atoms with Gasteiger partial charge in [0.05, 0.1) is 0 Å². The highest BCUT2D eigenvalue weighted by molar-refractivity contribution is 14.1. The van der Waals surface area contributed by atoms with Crippen LogP contribution in [0.3, 0.4) is 0 Å². The zero-order valence-corrected chi connectivity index (χ0v) is 4.52. The Labute approximate surface area is 39.9 Å². The molecule has 0 aliphatic heterocycles. The molecule has 0 aromatic heterocycles. The first-order valence-corrected chi connectivity index (χ1v) is 2.11. The van der Waals surface area contributed by atoms with E-state index in [9.17, 15) is 0 Å². The molecule has 1 nitrogen and oxygen atoms in total. The van der Waals surface area contributed by atoms with Crippen molar-refractivity contribution < 1.29 is 4.65 Å². The summed E-state index contributed by atoms with van der Waals surface area (Å²) in [7, 11) is 1.62. The van der Waals surface area contributed by atoms with Gasteiger partial charge < -0.3 is 4.65 Å². The average molecular weight is 169 g/mol. The first-order chi connectivity index (χ1) is 1.91. The minimum Gasteiger partial charge on any atom is -0.432 e. The zero-order valence-electron chi connectivity index (χ0n) is 2.36. The van der Waals surface area contributed by atoms with E-state index in [1.165, 1.54) is 0 Å². The third-order valence-corrected chi connectivity index (χ3v) is 0.598. The summed E-state index contributed by atoms with van der Waals surface area (Å²) in [5.74, 6) is 0. The summed E-state index contributed by atoms with van der Waals surface area (Å²) in [5.41, 5.74) is 0. The molecule has 0 heterocycles. The molecule has 0 atom stereocenters. The lowest BCUT2D eigenvalue weighted by Crippen LogP contribution is -1.74. The van der Waals surface area contributed by atoms with Crippen LogP contribution in [0.4, 0.5) is 0 Å². The van der Waals surface area contributed by atoms with Gasteiger partial charge in [-0.2, -0.15) is 0 Å². The summed E-state index contributed by atoms with van der Waals surface area (Å²) in [6.07, 6.45) is 0. The molecule has 0 saturated carbocycles. The Morgan fingerprint density at radius 1 is 2.00 bits per heavy atom. The smallest absolute Gasteiger partial charge is 0.375 e. The van der Waals surface area contributed by atoms with E-state index in [1.807, 2.05) is 22.4 Å². The van der Waals surface area contributed by atoms with E-state index in [0.717, 1.165) is 0 Å². The van der Waals surface area contributed by atoms with E-state index >= 15 is 0 Å². The SMILES string of the molecule is CO[B]I. The van der Waals surface area contributed by atoms with Crippen LogP contribution in [-0.2, 0) is 4.65 Å². The molecule has 4 heavy (non-hydrogen) atoms. The van der Waals surface area contributed by atoms with E-state index in [0.29, 0.717) is 0 Å². The molecule has 0 bridgehead atoms. The molecule has 0 aliphatic rings. The predicted molar refractivity (Wildman–Crippen MR) is 26.8 cm³/mol. The molecule has 0 N–H and O–H groups in total. The molecule has 0 aliphatic carbocycles. The summed E-state index contributed by atoms with van der Waals surface area (Å²) in [4.78, 5) is 0. The lowest BCUT2D eigenvalue weighted by Gasteiger charge is -1.70. The second-order valence-electron chi connectivity index (χ2n) is 0.325. The van der Waals surface area contributed by atoms with Crippen molar-refractivity contribution in [2.45, 2.75) is 0 Å². The van der Waals surface area contributed by atoms with Gasteiger partial charge in [-0.15, -0.1) is 22.4 Å². The van der Waals surface area contributed by atoms with Crippen LogP contribution in [-0.4, -0.2) is 12.4 Å². The molecular formula is CH3BIO. The van der Waals surface area contributed by atoms with Crippen LogP contribution in [0.15, 0.2) is 0 Å². The second kappa shape index (κ2) is 3.75. The van der Waals surface area contributed by atoms with Crippen molar-refractivity contribution in [3.63, 3.8) is 0 Å². The van der Waals surface area contributed by atoms with Crippen molar-refractivity contribution in [3.05, 3.63) is 0 Å². The van der Waals surface area contributed by atoms with Gasteiger partial charge in [0.1, 0.15) is 0 Å². The molecule has 0 fully saturated rings. The minimum absolute atomic E-state index is 1.60. The maximum absolute atomic E-state index is 4.40. The molecule has 0 aromatic carbocycles. The maximum Gasteiger partial charge on any atom is 0.375 e. The Balaban J connectivity index is 1.97. The lowest BCUT2D eigenvalue weighted by atomic mass is 10.6. The summed E-state index contributed by atoms with van der Waals surface area (Å²) < 4.78 is 4.40. The van der Waals surface area contributed by atoms with Crippen molar-refractivity contribution in [1.82, 2.24) is 0 Å². The van der Waals surface area contributed by atoms with Gasteiger partial charge in [-0.3, -0.25) is 0 Å². The number of hydrogen-bond donors (Lipinski definition) is 0. The number of rotatable bonds is 1. The summed E-state index contributed by atoms with van der Waals surface area (Å²) in [6, 6.07) is 0. The fourth-order valence-electron chi connectivity index (χ4n) is 0. The molecule has 0 unspecified atom stereocenters. The average Bonchev–Trinajstić information content (AvgIpc) is 1.37. The molecule has 0 aromatic rings. The maximum atomic E-state index is 4.40. The third kappa shape index (κ3) is 2.75. The fourth-order valence-corrected chi connectivity index (χ4v) is 0. The highest BCUT2D eigenvalue weighted by Gasteiger charge is 1.64. The van der Waals surface area contributed by atoms with Crippen molar-refractivity contribution in [3.8, 4) is 0 Å². The zero-order chi connectivity index (χ0) is 3.41. The van der Waals surface area contributed by atoms with Gasteiger partial charge >= 0.3 is 5.34 Å². The largest absolute Gasteiger partial charge is 0.432 e. The van der Waals surface area contributed by atoms with E-state index in [2.05, 4.69) is 4.65 Å². The Morgan fingerprint density at radius 2 is 2.25 bits per heavy atom. The van der Waals surface area contributed by atoms with Crippen molar-refractivity contribution in [1.29, 1.82) is 0 Å². The normalized spacial score (nSPS) is 6.50. The van der Waals surface area contributed by atoms with Crippen LogP contribution < -0.4 is 0 Å². The van der Waals surface area contributed by atoms with Crippen LogP contribution in [0.25, 0.3) is 0 Å². The summed E-state index contributed by atoms with van der Waals surface area (Å²) in [6.45, 7) is 0. The van der Waals surface area contributed by atoms with Crippen molar-refractivity contribution in [2.24, 2.45) is 0 Å². The fraction of sp³-hybridized carbons (Fsp3) is 1.00. The van der Waals surface area contributed by atoms with Gasteiger partial charge in [0.2, 0.25) is 0 Å². The molecule has 0 saturated heterocycles. The van der Waals surface area contributed by atoms with Gasteiger partial charge in [0.15, 0.2) is 0 Å². The van der Waals surface area contributed by atoms with Crippen LogP contribution in [0, 0.1) is 0 Å². The number of halogens is 1. The molecule has 23 valence electrons. The minimum atomic E-state index is 1.60. The standard InChI is InChI=1S/CH3BIO/c1-4-2-3/h1H3. The Morgan fingerprint density at radius 3 is 2.25 bits per heavy atom. The quantitative estimate of drug-likeness (QED) is 0.412. The van der Waals surface area contributed by atoms with Crippen LogP contribution in [0.1, 0.15) is 0 Å². The van der Waals surface area contributed by atoms with E-state index in [4.69, 9.17) is 0 Å². The van der Waals surface area contributed by atoms with Crippen molar-refractivity contribution >= 4 is 27.7 Å². The third-order valence-electron chi connectivity index (χ3n) is 0.0891. The van der Waals surface area contributed by atoms with Crippen molar-refractivity contribution in [2.75, 3.05) is 7.11 Å². The highest BCUT2D eigenvalue weighted by Crippen LogP contribution is 1.69. The molecule has 0 amide bonds. The monoisotopic (exact) mass is 169 g/mol. The molecular weight excluding hydrogens is 166 g/mol. The van der Waals surface area contributed by atoms with Crippen LogP contribution >= 0.6 is 22.4 Å². The van der Waals surface area contributed by atoms with Gasteiger partial charge in [0, 0.05) is 7.11 Å². The molecule has 0 spiro atoms. The van der Waals surface area contributed by atoms with Crippen LogP contribution in [0.2, 0.25) is 0 Å². The van der Waals surface area contributed by atoms with Gasteiger partial charge in [-0.25, -0.2) is 0 Å². The van der Waals surface area contributed by atoms with Gasteiger partial charge in [0.25, 0.3) is 0 Å². The highest BCUT2D eigenvalue weighted by atomic mass is 127. The van der Waals surface area contributed by atoms with E-state index < -0.39 is 0 Å². The Bertz CT molecular complexity index is 10.0. The lowest BCUT2D eigenvalue weighted by molar-refractivity contribution is 0.458.